The number of fused-ring (bicyclic) bond motifs is 3. The predicted molar refractivity (Wildman–Crippen MR) is 94.1 cm³/mol. The number of carbonyl (C=O) groups is 1. The average Bonchev–Trinajstić information content (AvgIpc) is 3.00. The van der Waals surface area contributed by atoms with Gasteiger partial charge < -0.3 is 10.1 Å². The van der Waals surface area contributed by atoms with Gasteiger partial charge in [-0.25, -0.2) is 0 Å². The predicted octanol–water partition coefficient (Wildman–Crippen LogP) is 3.75. The Balaban J connectivity index is 1.68. The number of thiophene rings is 1. The van der Waals surface area contributed by atoms with E-state index in [0.717, 1.165) is 43.4 Å². The lowest BCUT2D eigenvalue weighted by atomic mass is 9.88. The summed E-state index contributed by atoms with van der Waals surface area (Å²) >= 11 is 1.55. The Labute approximate surface area is 145 Å². The molecule has 0 bridgehead atoms. The molecule has 4 nitrogen and oxygen atoms in total. The normalized spacial score (nSPS) is 19.0. The summed E-state index contributed by atoms with van der Waals surface area (Å²) < 4.78 is 5.40. The van der Waals surface area contributed by atoms with Gasteiger partial charge in [0.25, 0.3) is 0 Å². The first-order valence-corrected chi connectivity index (χ1v) is 9.12. The topological polar surface area (TPSA) is 62.1 Å². The molecule has 1 atom stereocenters. The van der Waals surface area contributed by atoms with Gasteiger partial charge in [0.15, 0.2) is 0 Å². The van der Waals surface area contributed by atoms with Gasteiger partial charge in [-0.15, -0.1) is 11.3 Å². The van der Waals surface area contributed by atoms with Gasteiger partial charge in [-0.1, -0.05) is 24.3 Å². The molecular weight excluding hydrogens is 320 g/mol. The molecule has 1 fully saturated rings. The minimum Gasteiger partial charge on any atom is -0.381 e. The van der Waals surface area contributed by atoms with Crippen molar-refractivity contribution in [2.24, 2.45) is 5.92 Å². The fourth-order valence-corrected chi connectivity index (χ4v) is 4.69. The minimum absolute atomic E-state index is 0.0296. The average molecular weight is 338 g/mol. The van der Waals surface area contributed by atoms with Crippen molar-refractivity contribution in [2.45, 2.75) is 25.7 Å². The van der Waals surface area contributed by atoms with Crippen LogP contribution in [0, 0.1) is 17.2 Å². The molecule has 1 aliphatic heterocycles. The summed E-state index contributed by atoms with van der Waals surface area (Å²) in [4.78, 5) is 13.7. The third kappa shape index (κ3) is 2.62. The van der Waals surface area contributed by atoms with Crippen molar-refractivity contribution in [3.8, 4) is 17.2 Å². The first-order chi connectivity index (χ1) is 11.8. The van der Waals surface area contributed by atoms with Crippen molar-refractivity contribution in [1.29, 1.82) is 5.26 Å². The van der Waals surface area contributed by atoms with Crippen molar-refractivity contribution in [2.75, 3.05) is 18.5 Å². The van der Waals surface area contributed by atoms with E-state index in [9.17, 15) is 10.1 Å². The molecule has 2 aromatic rings. The number of amides is 1. The highest BCUT2D eigenvalue weighted by molar-refractivity contribution is 7.17. The number of carbonyl (C=O) groups excluding carboxylic acids is 1. The summed E-state index contributed by atoms with van der Waals surface area (Å²) in [6.07, 6.45) is 3.67. The van der Waals surface area contributed by atoms with Crippen LogP contribution >= 0.6 is 11.3 Å². The molecule has 0 saturated carbocycles. The molecule has 5 heteroatoms. The molecule has 24 heavy (non-hydrogen) atoms. The maximum atomic E-state index is 12.5. The molecule has 1 aromatic heterocycles. The molecule has 1 aromatic carbocycles. The number of hydrogen-bond acceptors (Lipinski definition) is 4. The first kappa shape index (κ1) is 15.4. The van der Waals surface area contributed by atoms with Crippen molar-refractivity contribution in [3.63, 3.8) is 0 Å². The third-order valence-electron chi connectivity index (χ3n) is 4.77. The van der Waals surface area contributed by atoms with Gasteiger partial charge in [0.2, 0.25) is 5.91 Å². The summed E-state index contributed by atoms with van der Waals surface area (Å²) in [5.74, 6) is -0.144. The second-order valence-electron chi connectivity index (χ2n) is 6.28. The highest BCUT2D eigenvalue weighted by Gasteiger charge is 2.28. The van der Waals surface area contributed by atoms with Crippen LogP contribution in [-0.4, -0.2) is 19.1 Å². The van der Waals surface area contributed by atoms with E-state index >= 15 is 0 Å². The van der Waals surface area contributed by atoms with E-state index in [1.54, 1.807) is 11.3 Å². The monoisotopic (exact) mass is 338 g/mol. The van der Waals surface area contributed by atoms with E-state index in [1.807, 2.05) is 12.1 Å². The van der Waals surface area contributed by atoms with Gasteiger partial charge >= 0.3 is 0 Å². The van der Waals surface area contributed by atoms with Gasteiger partial charge in [-0.2, -0.15) is 5.26 Å². The van der Waals surface area contributed by atoms with E-state index in [0.29, 0.717) is 17.2 Å². The lowest BCUT2D eigenvalue weighted by Gasteiger charge is -2.20. The molecule has 1 aliphatic carbocycles. The molecule has 4 rings (SSSR count). The van der Waals surface area contributed by atoms with Gasteiger partial charge in [-0.3, -0.25) is 4.79 Å². The van der Waals surface area contributed by atoms with Crippen molar-refractivity contribution in [1.82, 2.24) is 0 Å². The van der Waals surface area contributed by atoms with Gasteiger partial charge in [0, 0.05) is 17.0 Å². The number of anilines is 1. The number of nitriles is 1. The highest BCUT2D eigenvalue weighted by Crippen LogP contribution is 2.44. The van der Waals surface area contributed by atoms with Crippen LogP contribution in [0.15, 0.2) is 24.3 Å². The zero-order valence-corrected chi connectivity index (χ0v) is 14.1. The van der Waals surface area contributed by atoms with Crippen LogP contribution in [0.1, 0.15) is 28.8 Å². The third-order valence-corrected chi connectivity index (χ3v) is 5.93. The number of nitrogens with one attached hydrogen (secondary N) is 1. The highest BCUT2D eigenvalue weighted by atomic mass is 32.1. The maximum Gasteiger partial charge on any atom is 0.230 e. The van der Waals surface area contributed by atoms with Crippen LogP contribution in [0.5, 0.6) is 0 Å². The van der Waals surface area contributed by atoms with E-state index in [1.165, 1.54) is 10.4 Å². The van der Waals surface area contributed by atoms with E-state index in [4.69, 9.17) is 4.74 Å². The Morgan fingerprint density at radius 3 is 3.00 bits per heavy atom. The zero-order valence-electron chi connectivity index (χ0n) is 13.3. The van der Waals surface area contributed by atoms with Gasteiger partial charge in [0.1, 0.15) is 11.1 Å². The number of ether oxygens (including phenoxy) is 1. The first-order valence-electron chi connectivity index (χ1n) is 8.30. The number of benzene rings is 1. The zero-order chi connectivity index (χ0) is 16.5. The van der Waals surface area contributed by atoms with Crippen molar-refractivity contribution < 1.29 is 9.53 Å². The van der Waals surface area contributed by atoms with Crippen LogP contribution in [0.2, 0.25) is 0 Å². The molecule has 122 valence electrons. The number of hydrogen-bond donors (Lipinski definition) is 1. The Bertz CT molecular complexity index is 828. The second kappa shape index (κ2) is 6.39. The van der Waals surface area contributed by atoms with Crippen molar-refractivity contribution >= 4 is 22.2 Å². The fourth-order valence-electron chi connectivity index (χ4n) is 3.53. The number of aryl methyl sites for hydroxylation is 2. The lowest BCUT2D eigenvalue weighted by Crippen LogP contribution is -2.30. The standard InChI is InChI=1S/C19H18N2O2S/c20-10-15-17-14-6-2-1-4-12(14)7-8-16(17)24-19(15)21-18(22)13-5-3-9-23-11-13/h1-2,4,6,13H,3,5,7-9,11H2,(H,21,22)/t13-/m1/s1. The maximum absolute atomic E-state index is 12.5. The molecule has 0 radical (unpaired) electrons. The van der Waals surface area contributed by atoms with Gasteiger partial charge in [0.05, 0.1) is 18.1 Å². The summed E-state index contributed by atoms with van der Waals surface area (Å²) in [5, 5.41) is 13.4. The molecular formula is C19H18N2O2S. The Kier molecular flexibility index (Phi) is 4.09. The van der Waals surface area contributed by atoms with Crippen LogP contribution in [0.4, 0.5) is 5.00 Å². The van der Waals surface area contributed by atoms with Gasteiger partial charge in [-0.05, 0) is 36.8 Å². The summed E-state index contributed by atoms with van der Waals surface area (Å²) in [7, 11) is 0. The van der Waals surface area contributed by atoms with Crippen LogP contribution < -0.4 is 5.32 Å². The van der Waals surface area contributed by atoms with E-state index in [2.05, 4.69) is 23.5 Å². The Hall–Kier alpha value is -2.16. The summed E-state index contributed by atoms with van der Waals surface area (Å²) in [5.41, 5.74) is 4.03. The van der Waals surface area contributed by atoms with E-state index < -0.39 is 0 Å². The smallest absolute Gasteiger partial charge is 0.230 e. The summed E-state index contributed by atoms with van der Waals surface area (Å²) in [6, 6.07) is 10.5. The number of nitrogens with zero attached hydrogens (tertiary/aromatic N) is 1. The van der Waals surface area contributed by atoms with Crippen LogP contribution in [0.3, 0.4) is 0 Å². The van der Waals surface area contributed by atoms with Crippen LogP contribution in [-0.2, 0) is 22.4 Å². The van der Waals surface area contributed by atoms with Crippen LogP contribution in [0.25, 0.3) is 11.1 Å². The Morgan fingerprint density at radius 2 is 2.21 bits per heavy atom. The largest absolute Gasteiger partial charge is 0.381 e. The summed E-state index contributed by atoms with van der Waals surface area (Å²) in [6.45, 7) is 1.21. The Morgan fingerprint density at radius 1 is 1.33 bits per heavy atom. The SMILES string of the molecule is N#Cc1c(NC(=O)[C@@H]2CCCOC2)sc2c1-c1ccccc1CC2. The quantitative estimate of drug-likeness (QED) is 0.907. The molecule has 2 heterocycles. The number of rotatable bonds is 2. The molecule has 1 N–H and O–H groups in total. The molecule has 1 saturated heterocycles. The molecule has 0 unspecified atom stereocenters. The lowest BCUT2D eigenvalue weighted by molar-refractivity contribution is -0.123. The molecule has 2 aliphatic rings. The van der Waals surface area contributed by atoms with E-state index in [-0.39, 0.29) is 11.8 Å². The molecule has 1 amide bonds. The fraction of sp³-hybridized carbons (Fsp3) is 0.368. The second-order valence-corrected chi connectivity index (χ2v) is 7.38. The molecule has 0 spiro atoms. The minimum atomic E-state index is -0.114. The van der Waals surface area contributed by atoms with Crippen molar-refractivity contribution in [3.05, 3.63) is 40.3 Å².